The summed E-state index contributed by atoms with van der Waals surface area (Å²) < 4.78 is 19.8. The van der Waals surface area contributed by atoms with Crippen molar-refractivity contribution in [3.8, 4) is 5.75 Å². The molecule has 22 heavy (non-hydrogen) atoms. The number of aryl methyl sites for hydroxylation is 1. The quantitative estimate of drug-likeness (QED) is 0.809. The maximum Gasteiger partial charge on any atom is 0.257 e. The molecule has 1 N–H and O–H groups in total. The molecule has 1 aromatic heterocycles. The molecular formula is C16H14FN3O2. The number of nitrogens with zero attached hydrogens (tertiary/aromatic N) is 2. The van der Waals surface area contributed by atoms with Gasteiger partial charge in [-0.2, -0.15) is 0 Å². The lowest BCUT2D eigenvalue weighted by Crippen LogP contribution is -2.14. The zero-order chi connectivity index (χ0) is 15.7. The third-order valence-corrected chi connectivity index (χ3v) is 3.42. The maximum atomic E-state index is 12.9. The van der Waals surface area contributed by atoms with E-state index in [0.29, 0.717) is 17.3 Å². The summed E-state index contributed by atoms with van der Waals surface area (Å²) in [6.45, 7) is 0. The molecule has 0 fully saturated rings. The molecule has 5 nitrogen and oxygen atoms in total. The van der Waals surface area contributed by atoms with Crippen LogP contribution < -0.4 is 10.1 Å². The predicted molar refractivity (Wildman–Crippen MR) is 81.6 cm³/mol. The molecule has 0 unspecified atom stereocenters. The molecule has 6 heteroatoms. The number of ether oxygens (including phenoxy) is 1. The smallest absolute Gasteiger partial charge is 0.257 e. The number of carbonyl (C=O) groups is 1. The van der Waals surface area contributed by atoms with Gasteiger partial charge in [-0.05, 0) is 36.4 Å². The van der Waals surface area contributed by atoms with Crippen molar-refractivity contribution in [2.24, 2.45) is 7.05 Å². The van der Waals surface area contributed by atoms with Crippen molar-refractivity contribution in [1.29, 1.82) is 0 Å². The molecule has 3 rings (SSSR count). The van der Waals surface area contributed by atoms with Crippen molar-refractivity contribution >= 4 is 22.9 Å². The fraction of sp³-hybridized carbons (Fsp3) is 0.125. The topological polar surface area (TPSA) is 56.1 Å². The number of benzene rings is 2. The van der Waals surface area contributed by atoms with Crippen LogP contribution in [0, 0.1) is 5.82 Å². The van der Waals surface area contributed by atoms with Crippen molar-refractivity contribution in [2.75, 3.05) is 12.4 Å². The molecular weight excluding hydrogens is 285 g/mol. The van der Waals surface area contributed by atoms with Crippen LogP contribution in [0.4, 0.5) is 10.3 Å². The lowest BCUT2D eigenvalue weighted by atomic mass is 10.2. The van der Waals surface area contributed by atoms with Crippen LogP contribution in [0.25, 0.3) is 11.0 Å². The standard InChI is InChI=1S/C16H14FN3O2/c1-20-14-8-7-12(22-2)9-13(14)18-16(20)19-15(21)10-3-5-11(17)6-4-10/h3-9H,1-2H3,(H,18,19,21). The van der Waals surface area contributed by atoms with Gasteiger partial charge in [-0.3, -0.25) is 10.1 Å². The number of imidazole rings is 1. The van der Waals surface area contributed by atoms with Crippen molar-refractivity contribution in [1.82, 2.24) is 9.55 Å². The number of halogens is 1. The maximum absolute atomic E-state index is 12.9. The summed E-state index contributed by atoms with van der Waals surface area (Å²) in [4.78, 5) is 16.5. The number of fused-ring (bicyclic) bond motifs is 1. The minimum atomic E-state index is -0.383. The lowest BCUT2D eigenvalue weighted by Gasteiger charge is -2.05. The van der Waals surface area contributed by atoms with Gasteiger partial charge in [-0.15, -0.1) is 0 Å². The summed E-state index contributed by atoms with van der Waals surface area (Å²) in [6.07, 6.45) is 0. The Hall–Kier alpha value is -2.89. The minimum absolute atomic E-state index is 0.342. The third kappa shape index (κ3) is 2.50. The molecule has 0 aliphatic carbocycles. The van der Waals surface area contributed by atoms with Crippen LogP contribution in [0.3, 0.4) is 0 Å². The number of nitrogens with one attached hydrogen (secondary N) is 1. The van der Waals surface area contributed by atoms with E-state index in [2.05, 4.69) is 10.3 Å². The number of anilines is 1. The Balaban J connectivity index is 1.91. The highest BCUT2D eigenvalue weighted by Gasteiger charge is 2.13. The molecule has 0 atom stereocenters. The zero-order valence-electron chi connectivity index (χ0n) is 12.1. The van der Waals surface area contributed by atoms with Crippen molar-refractivity contribution in [3.05, 3.63) is 53.8 Å². The molecule has 2 aromatic carbocycles. The highest BCUT2D eigenvalue weighted by molar-refractivity contribution is 6.04. The average Bonchev–Trinajstić information content (AvgIpc) is 2.83. The molecule has 0 saturated heterocycles. The zero-order valence-corrected chi connectivity index (χ0v) is 12.1. The minimum Gasteiger partial charge on any atom is -0.497 e. The molecule has 112 valence electrons. The van der Waals surface area contributed by atoms with E-state index in [9.17, 15) is 9.18 Å². The molecule has 0 aliphatic rings. The van der Waals surface area contributed by atoms with Gasteiger partial charge in [0.25, 0.3) is 5.91 Å². The highest BCUT2D eigenvalue weighted by Crippen LogP contribution is 2.23. The second-order valence-electron chi connectivity index (χ2n) is 4.81. The largest absolute Gasteiger partial charge is 0.497 e. The molecule has 0 bridgehead atoms. The number of aromatic nitrogens is 2. The summed E-state index contributed by atoms with van der Waals surface area (Å²) in [5.74, 6) is 0.385. The number of methoxy groups -OCH3 is 1. The van der Waals surface area contributed by atoms with Crippen LogP contribution >= 0.6 is 0 Å². The lowest BCUT2D eigenvalue weighted by molar-refractivity contribution is 0.102. The van der Waals surface area contributed by atoms with Crippen LogP contribution in [-0.2, 0) is 7.05 Å². The van der Waals surface area contributed by atoms with Gasteiger partial charge < -0.3 is 9.30 Å². The molecule has 1 amide bonds. The summed E-state index contributed by atoms with van der Waals surface area (Å²) in [5.41, 5.74) is 1.96. The number of amides is 1. The van der Waals surface area contributed by atoms with Crippen LogP contribution in [0.2, 0.25) is 0 Å². The second-order valence-corrected chi connectivity index (χ2v) is 4.81. The molecule has 0 spiro atoms. The van der Waals surface area contributed by atoms with E-state index >= 15 is 0 Å². The number of hydrogen-bond donors (Lipinski definition) is 1. The van der Waals surface area contributed by atoms with Gasteiger partial charge >= 0.3 is 0 Å². The molecule has 0 radical (unpaired) electrons. The Morgan fingerprint density at radius 1 is 1.23 bits per heavy atom. The summed E-state index contributed by atoms with van der Waals surface area (Å²) in [7, 11) is 3.39. The Labute approximate surface area is 126 Å². The van der Waals surface area contributed by atoms with Crippen molar-refractivity contribution in [2.45, 2.75) is 0 Å². The van der Waals surface area contributed by atoms with Gasteiger partial charge in [0.2, 0.25) is 5.95 Å². The van der Waals surface area contributed by atoms with Crippen LogP contribution in [0.5, 0.6) is 5.75 Å². The van der Waals surface area contributed by atoms with E-state index in [1.807, 2.05) is 19.2 Å². The third-order valence-electron chi connectivity index (χ3n) is 3.42. The normalized spacial score (nSPS) is 10.7. The number of carbonyl (C=O) groups excluding carboxylic acids is 1. The van der Waals surface area contributed by atoms with E-state index < -0.39 is 0 Å². The van der Waals surface area contributed by atoms with E-state index in [-0.39, 0.29) is 11.7 Å². The van der Waals surface area contributed by atoms with Gasteiger partial charge in [-0.25, -0.2) is 9.37 Å². The van der Waals surface area contributed by atoms with E-state index in [1.165, 1.54) is 24.3 Å². The Bertz CT molecular complexity index is 840. The molecule has 1 heterocycles. The van der Waals surface area contributed by atoms with Crippen molar-refractivity contribution in [3.63, 3.8) is 0 Å². The summed E-state index contributed by atoms with van der Waals surface area (Å²) in [5, 5.41) is 2.72. The van der Waals surface area contributed by atoms with Gasteiger partial charge in [0, 0.05) is 18.7 Å². The monoisotopic (exact) mass is 299 g/mol. The SMILES string of the molecule is COc1ccc2c(c1)nc(NC(=O)c1ccc(F)cc1)n2C. The number of rotatable bonds is 3. The fourth-order valence-corrected chi connectivity index (χ4v) is 2.19. The first-order chi connectivity index (χ1) is 10.6. The number of hydrogen-bond acceptors (Lipinski definition) is 3. The van der Waals surface area contributed by atoms with Crippen LogP contribution in [0.1, 0.15) is 10.4 Å². The van der Waals surface area contributed by atoms with Crippen molar-refractivity contribution < 1.29 is 13.9 Å². The molecule has 3 aromatic rings. The summed E-state index contributed by atoms with van der Waals surface area (Å²) in [6, 6.07) is 10.8. The van der Waals surface area contributed by atoms with E-state index in [1.54, 1.807) is 17.7 Å². The Kier molecular flexibility index (Phi) is 3.50. The second kappa shape index (κ2) is 5.48. The molecule has 0 aliphatic heterocycles. The van der Waals surface area contributed by atoms with Crippen LogP contribution in [0.15, 0.2) is 42.5 Å². The van der Waals surface area contributed by atoms with Gasteiger partial charge in [0.05, 0.1) is 18.1 Å². The van der Waals surface area contributed by atoms with Gasteiger partial charge in [0.1, 0.15) is 11.6 Å². The first-order valence-electron chi connectivity index (χ1n) is 6.66. The molecule has 0 saturated carbocycles. The average molecular weight is 299 g/mol. The van der Waals surface area contributed by atoms with E-state index in [4.69, 9.17) is 4.74 Å². The van der Waals surface area contributed by atoms with Crippen LogP contribution in [-0.4, -0.2) is 22.6 Å². The first-order valence-corrected chi connectivity index (χ1v) is 6.66. The van der Waals surface area contributed by atoms with Gasteiger partial charge in [-0.1, -0.05) is 0 Å². The van der Waals surface area contributed by atoms with Gasteiger partial charge in [0.15, 0.2) is 0 Å². The van der Waals surface area contributed by atoms with E-state index in [0.717, 1.165) is 11.0 Å². The fourth-order valence-electron chi connectivity index (χ4n) is 2.19. The summed E-state index contributed by atoms with van der Waals surface area (Å²) >= 11 is 0. The Morgan fingerprint density at radius 3 is 2.64 bits per heavy atom. The highest BCUT2D eigenvalue weighted by atomic mass is 19.1. The predicted octanol–water partition coefficient (Wildman–Crippen LogP) is 2.97. The first kappa shape index (κ1) is 14.1. The Morgan fingerprint density at radius 2 is 1.95 bits per heavy atom.